The van der Waals surface area contributed by atoms with Crippen molar-refractivity contribution < 1.29 is 26.1 Å². The second-order valence-electron chi connectivity index (χ2n) is 13.1. The summed E-state index contributed by atoms with van der Waals surface area (Å²) in [6.45, 7) is 1.59. The molecule has 0 saturated carbocycles. The molecule has 0 radical (unpaired) electrons. The van der Waals surface area contributed by atoms with E-state index in [1.165, 1.54) is 16.6 Å². The highest BCUT2D eigenvalue weighted by atomic mass is 35.5. The van der Waals surface area contributed by atoms with Gasteiger partial charge in [-0.1, -0.05) is 65.7 Å². The molecule has 2 aromatic heterocycles. The molecule has 10 nitrogen and oxygen atoms in total. The number of rotatable bonds is 12. The fourth-order valence-corrected chi connectivity index (χ4v) is 10.1. The molecule has 7 rings (SSSR count). The highest BCUT2D eigenvalue weighted by Crippen LogP contribution is 2.32. The van der Waals surface area contributed by atoms with Crippen LogP contribution in [-0.4, -0.2) is 72.9 Å². The van der Waals surface area contributed by atoms with Gasteiger partial charge < -0.3 is 14.2 Å². The molecule has 0 amide bonds. The average molecular weight is 792 g/mol. The Morgan fingerprint density at radius 1 is 0.774 bits per heavy atom. The van der Waals surface area contributed by atoms with Crippen molar-refractivity contribution in [2.75, 3.05) is 19.6 Å². The number of pyridine rings is 2. The van der Waals surface area contributed by atoms with Gasteiger partial charge in [0, 0.05) is 78.6 Å². The highest BCUT2D eigenvalue weighted by Gasteiger charge is 2.35. The summed E-state index contributed by atoms with van der Waals surface area (Å²) < 4.78 is 63.8. The largest absolute Gasteiger partial charge is 0.393 e. The molecule has 1 aliphatic rings. The minimum absolute atomic E-state index is 0.00180. The second-order valence-corrected chi connectivity index (χ2v) is 17.3. The van der Waals surface area contributed by atoms with Crippen molar-refractivity contribution in [2.45, 2.75) is 47.7 Å². The van der Waals surface area contributed by atoms with Crippen molar-refractivity contribution >= 4 is 64.9 Å². The molecule has 0 bridgehead atoms. The molecule has 274 valence electrons. The van der Waals surface area contributed by atoms with Crippen LogP contribution in [0.15, 0.2) is 126 Å². The van der Waals surface area contributed by atoms with Gasteiger partial charge in [0.25, 0.3) is 0 Å². The first-order valence-electron chi connectivity index (χ1n) is 17.0. The van der Waals surface area contributed by atoms with Crippen LogP contribution in [0.5, 0.6) is 5.75 Å². The van der Waals surface area contributed by atoms with E-state index in [2.05, 4.69) is 14.9 Å². The molecule has 1 N–H and O–H groups in total. The van der Waals surface area contributed by atoms with E-state index < -0.39 is 32.3 Å². The number of fused-ring (bicyclic) bond motifs is 2. The SMILES string of the molecule is O=S(=O)(Oc1ccc(CC(CN2CCC(O)CC2)N(Cc2ccc(Cl)c(Cl)c2)S(=O)(=O)c2cccc3cnccc23)cc1)c1cccc2cnccc12. The lowest BCUT2D eigenvalue weighted by molar-refractivity contribution is 0.0714. The third kappa shape index (κ3) is 8.34. The number of hydrogen-bond donors (Lipinski definition) is 1. The molecule has 3 heterocycles. The Labute approximate surface area is 318 Å². The van der Waals surface area contributed by atoms with Crippen LogP contribution >= 0.6 is 23.2 Å². The molecule has 53 heavy (non-hydrogen) atoms. The Morgan fingerprint density at radius 3 is 2.02 bits per heavy atom. The molecule has 4 aromatic carbocycles. The number of sulfonamides is 1. The topological polar surface area (TPSA) is 130 Å². The van der Waals surface area contributed by atoms with Crippen molar-refractivity contribution in [1.82, 2.24) is 19.2 Å². The van der Waals surface area contributed by atoms with Crippen LogP contribution < -0.4 is 4.18 Å². The summed E-state index contributed by atoms with van der Waals surface area (Å²) >= 11 is 12.7. The molecule has 0 spiro atoms. The lowest BCUT2D eigenvalue weighted by atomic mass is 10.0. The molecule has 1 fully saturated rings. The molecule has 6 aromatic rings. The van der Waals surface area contributed by atoms with Crippen LogP contribution in [0, 0.1) is 0 Å². The van der Waals surface area contributed by atoms with Gasteiger partial charge in [-0.3, -0.25) is 9.97 Å². The molecule has 1 aliphatic heterocycles. The Morgan fingerprint density at radius 2 is 1.38 bits per heavy atom. The molecule has 0 aliphatic carbocycles. The van der Waals surface area contributed by atoms with E-state index in [1.54, 1.807) is 97.5 Å². The molecule has 1 saturated heterocycles. The maximum Gasteiger partial charge on any atom is 0.339 e. The van der Waals surface area contributed by atoms with E-state index in [0.717, 1.165) is 5.56 Å². The first-order chi connectivity index (χ1) is 25.5. The van der Waals surface area contributed by atoms with Crippen LogP contribution in [0.25, 0.3) is 21.5 Å². The number of piperidine rings is 1. The van der Waals surface area contributed by atoms with Gasteiger partial charge in [-0.05, 0) is 78.9 Å². The summed E-state index contributed by atoms with van der Waals surface area (Å²) in [6, 6.07) is 24.5. The van der Waals surface area contributed by atoms with Gasteiger partial charge in [0.15, 0.2) is 0 Å². The summed E-state index contributed by atoms with van der Waals surface area (Å²) in [4.78, 5) is 10.6. The first kappa shape index (κ1) is 37.2. The zero-order valence-corrected chi connectivity index (χ0v) is 31.6. The maximum absolute atomic E-state index is 15.0. The second kappa shape index (κ2) is 15.7. The van der Waals surface area contributed by atoms with E-state index in [-0.39, 0.29) is 28.5 Å². The van der Waals surface area contributed by atoms with Gasteiger partial charge in [-0.15, -0.1) is 0 Å². The minimum Gasteiger partial charge on any atom is -0.393 e. The average Bonchev–Trinajstić information content (AvgIpc) is 3.16. The van der Waals surface area contributed by atoms with Crippen LogP contribution in [-0.2, 0) is 33.1 Å². The Kier molecular flexibility index (Phi) is 11.0. The van der Waals surface area contributed by atoms with E-state index >= 15 is 0 Å². The van der Waals surface area contributed by atoms with E-state index in [4.69, 9.17) is 27.4 Å². The molecule has 14 heteroatoms. The lowest BCUT2D eigenvalue weighted by Gasteiger charge is -2.37. The van der Waals surface area contributed by atoms with Crippen LogP contribution in [0.2, 0.25) is 10.0 Å². The Balaban J connectivity index is 1.24. The van der Waals surface area contributed by atoms with Crippen LogP contribution in [0.3, 0.4) is 0 Å². The number of hydrogen-bond acceptors (Lipinski definition) is 9. The zero-order valence-electron chi connectivity index (χ0n) is 28.4. The normalized spacial score (nSPS) is 15.2. The lowest BCUT2D eigenvalue weighted by Crippen LogP contribution is -2.49. The third-order valence-electron chi connectivity index (χ3n) is 9.49. The number of benzene rings is 4. The summed E-state index contributed by atoms with van der Waals surface area (Å²) in [5.41, 5.74) is 1.42. The van der Waals surface area contributed by atoms with Crippen molar-refractivity contribution in [3.63, 3.8) is 0 Å². The maximum atomic E-state index is 15.0. The Bertz CT molecular complexity index is 2470. The predicted molar refractivity (Wildman–Crippen MR) is 206 cm³/mol. The number of aliphatic hydroxyl groups excluding tert-OH is 1. The van der Waals surface area contributed by atoms with Gasteiger partial charge in [0.05, 0.1) is 21.0 Å². The van der Waals surface area contributed by atoms with Crippen LogP contribution in [0.4, 0.5) is 0 Å². The third-order valence-corrected chi connectivity index (χ3v) is 13.5. The number of aliphatic hydroxyl groups is 1. The predicted octanol–water partition coefficient (Wildman–Crippen LogP) is 7.12. The van der Waals surface area contributed by atoms with E-state index in [0.29, 0.717) is 69.6 Å². The van der Waals surface area contributed by atoms with Crippen molar-refractivity contribution in [3.8, 4) is 5.75 Å². The van der Waals surface area contributed by atoms with Crippen LogP contribution in [0.1, 0.15) is 24.0 Å². The van der Waals surface area contributed by atoms with E-state index in [1.807, 2.05) is 6.07 Å². The molecule has 1 unspecified atom stereocenters. The molecular formula is C39H36Cl2N4O6S2. The number of likely N-dealkylation sites (tertiary alicyclic amines) is 1. The summed E-state index contributed by atoms with van der Waals surface area (Å²) in [5.74, 6) is 0.117. The number of halogens is 2. The molecular weight excluding hydrogens is 755 g/mol. The minimum atomic E-state index is -4.19. The monoisotopic (exact) mass is 790 g/mol. The van der Waals surface area contributed by atoms with Gasteiger partial charge in [-0.25, -0.2) is 8.42 Å². The van der Waals surface area contributed by atoms with Crippen molar-refractivity contribution in [2.24, 2.45) is 0 Å². The summed E-state index contributed by atoms with van der Waals surface area (Å²) in [5, 5.41) is 13.3. The Hall–Kier alpha value is -4.14. The van der Waals surface area contributed by atoms with Crippen molar-refractivity contribution in [1.29, 1.82) is 0 Å². The van der Waals surface area contributed by atoms with Gasteiger partial charge in [0.1, 0.15) is 10.6 Å². The highest BCUT2D eigenvalue weighted by molar-refractivity contribution is 7.89. The number of nitrogens with zero attached hydrogens (tertiary/aromatic N) is 4. The fourth-order valence-electron chi connectivity index (χ4n) is 6.77. The molecule has 1 atom stereocenters. The smallest absolute Gasteiger partial charge is 0.339 e. The first-order valence-corrected chi connectivity index (χ1v) is 20.6. The van der Waals surface area contributed by atoms with Gasteiger partial charge >= 0.3 is 10.1 Å². The zero-order chi connectivity index (χ0) is 37.2. The van der Waals surface area contributed by atoms with Crippen molar-refractivity contribution in [3.05, 3.63) is 137 Å². The summed E-state index contributed by atoms with van der Waals surface area (Å²) in [6.07, 6.45) is 7.37. The fraction of sp³-hybridized carbons (Fsp3) is 0.231. The van der Waals surface area contributed by atoms with E-state index in [9.17, 15) is 21.9 Å². The van der Waals surface area contributed by atoms with Gasteiger partial charge in [0.2, 0.25) is 10.0 Å². The van der Waals surface area contributed by atoms with Gasteiger partial charge in [-0.2, -0.15) is 12.7 Å². The summed E-state index contributed by atoms with van der Waals surface area (Å²) in [7, 11) is -8.35. The quantitative estimate of drug-likeness (QED) is 0.129. The standard InChI is InChI=1S/C39H36Cl2N4O6S2/c40-36-12-9-28(22-37(36)41)25-45(52(47,48)38-5-1-3-29-23-42-17-13-34(29)38)31(26-44-19-15-32(46)16-20-44)21-27-7-10-33(11-8-27)51-53(49,50)39-6-2-4-30-24-43-18-14-35(30)39/h1-14,17-18,22-24,31-32,46H,15-16,19-21,25-26H2. The number of aromatic nitrogens is 2.